The van der Waals surface area contributed by atoms with Gasteiger partial charge >= 0.3 is 0 Å². The molecule has 37 heavy (non-hydrogen) atoms. The Bertz CT molecular complexity index is 998. The molecule has 5 rings (SSSR count). The molecule has 0 amide bonds. The van der Waals surface area contributed by atoms with Crippen LogP contribution in [0.2, 0.25) is 0 Å². The van der Waals surface area contributed by atoms with Gasteiger partial charge in [-0.15, -0.1) is 6.58 Å². The van der Waals surface area contributed by atoms with Crippen molar-refractivity contribution in [2.24, 2.45) is 27.2 Å². The van der Waals surface area contributed by atoms with E-state index >= 15 is 0 Å². The second kappa shape index (κ2) is 11.2. The minimum Gasteiger partial charge on any atom is -0.468 e. The second-order valence-corrected chi connectivity index (χ2v) is 11.2. The molecule has 5 aliphatic rings. The zero-order valence-corrected chi connectivity index (χ0v) is 22.2. The van der Waals surface area contributed by atoms with Crippen LogP contribution in [-0.4, -0.2) is 79.9 Å². The van der Waals surface area contributed by atoms with E-state index < -0.39 is 0 Å². The maximum absolute atomic E-state index is 9.09. The number of nitrogens with one attached hydrogen (secondary N) is 1. The van der Waals surface area contributed by atoms with E-state index in [-0.39, 0.29) is 29.6 Å². The fourth-order valence-corrected chi connectivity index (χ4v) is 6.16. The van der Waals surface area contributed by atoms with Crippen molar-refractivity contribution in [3.8, 4) is 0 Å². The molecule has 2 saturated carbocycles. The van der Waals surface area contributed by atoms with Gasteiger partial charge in [-0.3, -0.25) is 0 Å². The molecule has 202 valence electrons. The van der Waals surface area contributed by atoms with Gasteiger partial charge in [0.1, 0.15) is 12.4 Å². The van der Waals surface area contributed by atoms with Crippen molar-refractivity contribution in [1.82, 2.24) is 10.2 Å². The van der Waals surface area contributed by atoms with E-state index in [0.717, 1.165) is 38.8 Å². The molecule has 2 aliphatic heterocycles. The third-order valence-corrected chi connectivity index (χ3v) is 8.54. The van der Waals surface area contributed by atoms with Crippen molar-refractivity contribution < 1.29 is 19.3 Å². The number of likely N-dealkylation sites (tertiary alicyclic amines) is 1. The van der Waals surface area contributed by atoms with Crippen LogP contribution >= 0.6 is 0 Å². The first-order chi connectivity index (χ1) is 18.0. The summed E-state index contributed by atoms with van der Waals surface area (Å²) in [5.74, 6) is 1.60. The lowest BCUT2D eigenvalue weighted by atomic mass is 9.84. The third-order valence-electron chi connectivity index (χ3n) is 8.54. The molecule has 0 aromatic heterocycles. The van der Waals surface area contributed by atoms with Crippen LogP contribution in [-0.2, 0) is 14.2 Å². The number of nitrogens with zero attached hydrogens (tertiary/aromatic N) is 3. The van der Waals surface area contributed by atoms with Gasteiger partial charge in [0.2, 0.25) is 5.96 Å². The highest BCUT2D eigenvalue weighted by atomic mass is 16.5. The normalized spacial score (nSPS) is 34.2. The van der Waals surface area contributed by atoms with Gasteiger partial charge in [-0.2, -0.15) is 0 Å². The number of aliphatic hydroxyl groups is 1. The fraction of sp³-hybridized carbons (Fsp3) is 0.655. The molecule has 3 aliphatic carbocycles. The van der Waals surface area contributed by atoms with Crippen LogP contribution in [0.1, 0.15) is 45.4 Å². The highest BCUT2D eigenvalue weighted by Crippen LogP contribution is 2.63. The summed E-state index contributed by atoms with van der Waals surface area (Å²) in [6.07, 6.45) is 14.1. The van der Waals surface area contributed by atoms with Crippen molar-refractivity contribution in [3.05, 3.63) is 48.6 Å². The Kier molecular flexibility index (Phi) is 8.00. The van der Waals surface area contributed by atoms with E-state index in [2.05, 4.69) is 35.3 Å². The highest BCUT2D eigenvalue weighted by Gasteiger charge is 2.64. The van der Waals surface area contributed by atoms with Crippen LogP contribution in [0.3, 0.4) is 0 Å². The molecule has 1 saturated heterocycles. The Morgan fingerprint density at radius 3 is 2.95 bits per heavy atom. The van der Waals surface area contributed by atoms with Crippen LogP contribution in [0, 0.1) is 17.3 Å². The third kappa shape index (κ3) is 5.77. The summed E-state index contributed by atoms with van der Waals surface area (Å²) >= 11 is 0. The van der Waals surface area contributed by atoms with Gasteiger partial charge in [0.25, 0.3) is 0 Å². The average Bonchev–Trinajstić information content (AvgIpc) is 3.74. The van der Waals surface area contributed by atoms with Crippen LogP contribution in [0.25, 0.3) is 0 Å². The number of fused-ring (bicyclic) bond motifs is 2. The van der Waals surface area contributed by atoms with Gasteiger partial charge in [-0.05, 0) is 64.6 Å². The predicted molar refractivity (Wildman–Crippen MR) is 145 cm³/mol. The number of allylic oxidation sites excluding steroid dienone is 1. The molecule has 8 heteroatoms. The SMILES string of the molecule is C=CCOCC12CC1C(NC1=NC3(/C=C/OC(=C)CO)CC3C=N1)=C(C)CC2OCCCN1CCCC1. The molecule has 0 spiro atoms. The van der Waals surface area contributed by atoms with Crippen molar-refractivity contribution in [1.29, 1.82) is 0 Å². The molecule has 0 aromatic carbocycles. The largest absolute Gasteiger partial charge is 0.468 e. The molecule has 5 unspecified atom stereocenters. The van der Waals surface area contributed by atoms with Gasteiger partial charge in [0.15, 0.2) is 0 Å². The lowest BCUT2D eigenvalue weighted by molar-refractivity contribution is -0.0417. The molecule has 3 fully saturated rings. The number of rotatable bonds is 14. The van der Waals surface area contributed by atoms with E-state index in [1.54, 1.807) is 6.26 Å². The molecule has 0 aromatic rings. The second-order valence-electron chi connectivity index (χ2n) is 11.2. The van der Waals surface area contributed by atoms with Gasteiger partial charge in [-0.25, -0.2) is 9.98 Å². The average molecular weight is 511 g/mol. The van der Waals surface area contributed by atoms with Gasteiger partial charge in [0.05, 0.1) is 31.1 Å². The summed E-state index contributed by atoms with van der Waals surface area (Å²) < 4.78 is 17.9. The minimum atomic E-state index is -0.322. The van der Waals surface area contributed by atoms with Crippen molar-refractivity contribution in [2.75, 3.05) is 46.1 Å². The van der Waals surface area contributed by atoms with Crippen LogP contribution in [0.5, 0.6) is 0 Å². The number of hydrogen-bond donors (Lipinski definition) is 2. The highest BCUT2D eigenvalue weighted by molar-refractivity contribution is 5.94. The van der Waals surface area contributed by atoms with E-state index in [9.17, 15) is 0 Å². The zero-order valence-electron chi connectivity index (χ0n) is 22.2. The summed E-state index contributed by atoms with van der Waals surface area (Å²) in [4.78, 5) is 12.1. The standard InChI is InChI=1S/C29H42N4O4/c1-4-12-35-20-28-17-24(28)26(21(2)15-25(28)37-13-7-11-33-9-5-6-10-33)31-27-30-18-23-16-29(23,32-27)8-14-36-22(3)19-34/h4,8,14,18,23-25,34H,1,3,5-7,9-13,15-17,19-20H2,2H3,(H,31,32)/b14-8+. The molecule has 5 atom stereocenters. The molecular weight excluding hydrogens is 468 g/mol. The monoisotopic (exact) mass is 510 g/mol. The molecule has 2 heterocycles. The Balaban J connectivity index is 1.23. The van der Waals surface area contributed by atoms with Gasteiger partial charge in [0, 0.05) is 42.3 Å². The summed E-state index contributed by atoms with van der Waals surface area (Å²) in [5.41, 5.74) is 2.21. The smallest absolute Gasteiger partial charge is 0.222 e. The van der Waals surface area contributed by atoms with Crippen molar-refractivity contribution >= 4 is 12.2 Å². The Morgan fingerprint density at radius 1 is 1.32 bits per heavy atom. The predicted octanol–water partition coefficient (Wildman–Crippen LogP) is 3.57. The van der Waals surface area contributed by atoms with E-state index in [1.807, 2.05) is 18.4 Å². The number of ether oxygens (including phenoxy) is 3. The molecule has 0 bridgehead atoms. The summed E-state index contributed by atoms with van der Waals surface area (Å²) in [6.45, 7) is 15.1. The summed E-state index contributed by atoms with van der Waals surface area (Å²) in [5, 5.41) is 12.7. The number of hydrogen-bond acceptors (Lipinski definition) is 8. The number of aliphatic imine (C=N–C) groups is 2. The van der Waals surface area contributed by atoms with E-state index in [0.29, 0.717) is 30.9 Å². The topological polar surface area (TPSA) is 87.9 Å². The lowest BCUT2D eigenvalue weighted by Gasteiger charge is -2.34. The fourth-order valence-electron chi connectivity index (χ4n) is 6.16. The Labute approximate surface area is 220 Å². The quantitative estimate of drug-likeness (QED) is 0.211. The van der Waals surface area contributed by atoms with Crippen molar-refractivity contribution in [2.45, 2.75) is 57.1 Å². The van der Waals surface area contributed by atoms with Gasteiger partial charge < -0.3 is 29.5 Å². The zero-order chi connectivity index (χ0) is 25.9. The van der Waals surface area contributed by atoms with Crippen LogP contribution < -0.4 is 5.32 Å². The summed E-state index contributed by atoms with van der Waals surface area (Å²) in [7, 11) is 0. The van der Waals surface area contributed by atoms with Gasteiger partial charge in [-0.1, -0.05) is 18.2 Å². The molecule has 2 N–H and O–H groups in total. The molecule has 0 radical (unpaired) electrons. The minimum absolute atomic E-state index is 0.00432. The first kappa shape index (κ1) is 26.4. The van der Waals surface area contributed by atoms with Crippen LogP contribution in [0.15, 0.2) is 58.6 Å². The number of aliphatic hydroxyl groups excluding tert-OH is 1. The lowest BCUT2D eigenvalue weighted by Crippen LogP contribution is -2.39. The van der Waals surface area contributed by atoms with E-state index in [1.165, 1.54) is 37.2 Å². The van der Waals surface area contributed by atoms with Crippen LogP contribution in [0.4, 0.5) is 0 Å². The maximum Gasteiger partial charge on any atom is 0.222 e. The van der Waals surface area contributed by atoms with Crippen molar-refractivity contribution in [3.63, 3.8) is 0 Å². The summed E-state index contributed by atoms with van der Waals surface area (Å²) in [6, 6.07) is 0. The Hall–Kier alpha value is -2.26. The Morgan fingerprint density at radius 2 is 2.16 bits per heavy atom. The van der Waals surface area contributed by atoms with E-state index in [4.69, 9.17) is 24.3 Å². The first-order valence-electron chi connectivity index (χ1n) is 13.8. The molecule has 8 nitrogen and oxygen atoms in total. The maximum atomic E-state index is 9.09. The first-order valence-corrected chi connectivity index (χ1v) is 13.8. The number of guanidine groups is 1. The molecular formula is C29H42N4O4.